The third-order valence-electron chi connectivity index (χ3n) is 1.46. The highest BCUT2D eigenvalue weighted by Crippen LogP contribution is 2.05. The van der Waals surface area contributed by atoms with Crippen LogP contribution < -0.4 is 5.32 Å². The summed E-state index contributed by atoms with van der Waals surface area (Å²) in [6.07, 6.45) is 1.28. The Hall–Kier alpha value is -1.67. The Morgan fingerprint density at radius 2 is 2.53 bits per heavy atom. The average molecular weight is 222 g/mol. The highest BCUT2D eigenvalue weighted by atomic mass is 32.1. The van der Waals surface area contributed by atoms with Gasteiger partial charge in [0.05, 0.1) is 0 Å². The van der Waals surface area contributed by atoms with E-state index < -0.39 is 0 Å². The fourth-order valence-electron chi connectivity index (χ4n) is 0.853. The van der Waals surface area contributed by atoms with E-state index in [1.165, 1.54) is 18.3 Å². The Labute approximate surface area is 91.7 Å². The molecule has 1 heterocycles. The van der Waals surface area contributed by atoms with Gasteiger partial charge in [0.1, 0.15) is 5.69 Å². The monoisotopic (exact) mass is 222 g/mol. The third kappa shape index (κ3) is 4.38. The summed E-state index contributed by atoms with van der Waals surface area (Å²) in [7, 11) is 0. The maximum absolute atomic E-state index is 10.5. The predicted molar refractivity (Wildman–Crippen MR) is 57.7 cm³/mol. The van der Waals surface area contributed by atoms with Crippen LogP contribution in [0.25, 0.3) is 0 Å². The van der Waals surface area contributed by atoms with Gasteiger partial charge in [-0.05, 0) is 5.92 Å². The Balaban J connectivity index is 2.37. The molecule has 1 rings (SSSR count). The van der Waals surface area contributed by atoms with Gasteiger partial charge >= 0.3 is 0 Å². The third-order valence-corrected chi connectivity index (χ3v) is 2.23. The zero-order valence-electron chi connectivity index (χ0n) is 8.24. The second kappa shape index (κ2) is 5.94. The minimum atomic E-state index is -0.0614. The molecule has 1 aromatic heterocycles. The van der Waals surface area contributed by atoms with Crippen LogP contribution in [0, 0.1) is 11.8 Å². The summed E-state index contributed by atoms with van der Waals surface area (Å²) in [4.78, 5) is 24.8. The van der Waals surface area contributed by atoms with E-state index >= 15 is 0 Å². The van der Waals surface area contributed by atoms with Crippen LogP contribution in [-0.2, 0) is 4.79 Å². The molecule has 5 heteroatoms. The molecule has 0 bridgehead atoms. The summed E-state index contributed by atoms with van der Waals surface area (Å²) in [5, 5.41) is 4.80. The Morgan fingerprint density at radius 3 is 3.13 bits per heavy atom. The number of thiazole rings is 1. The standard InChI is InChI=1S/C10H10N2O2S/c1-8(14)11-5-3-2-4-9-7-15-10(6-13)12-9/h6-7H,3,5H2,1H3,(H,11,14). The first-order valence-electron chi connectivity index (χ1n) is 4.36. The lowest BCUT2D eigenvalue weighted by atomic mass is 10.4. The summed E-state index contributed by atoms with van der Waals surface area (Å²) in [6, 6.07) is 0. The second-order valence-electron chi connectivity index (χ2n) is 2.72. The van der Waals surface area contributed by atoms with Crippen molar-refractivity contribution in [3.63, 3.8) is 0 Å². The molecule has 0 radical (unpaired) electrons. The van der Waals surface area contributed by atoms with Gasteiger partial charge in [-0.15, -0.1) is 11.3 Å². The van der Waals surface area contributed by atoms with Crippen LogP contribution in [0.15, 0.2) is 5.38 Å². The first-order valence-corrected chi connectivity index (χ1v) is 5.24. The van der Waals surface area contributed by atoms with Gasteiger partial charge in [0.15, 0.2) is 11.3 Å². The number of aromatic nitrogens is 1. The highest BCUT2D eigenvalue weighted by Gasteiger charge is 1.95. The quantitative estimate of drug-likeness (QED) is 0.468. The lowest BCUT2D eigenvalue weighted by molar-refractivity contribution is -0.118. The van der Waals surface area contributed by atoms with E-state index in [-0.39, 0.29) is 5.91 Å². The molecule has 0 saturated carbocycles. The number of carbonyl (C=O) groups is 2. The van der Waals surface area contributed by atoms with Crippen LogP contribution in [0.3, 0.4) is 0 Å². The molecule has 0 atom stereocenters. The summed E-state index contributed by atoms with van der Waals surface area (Å²) in [6.45, 7) is 2.00. The predicted octanol–water partition coefficient (Wildman–Crippen LogP) is 0.833. The van der Waals surface area contributed by atoms with Crippen LogP contribution in [0.5, 0.6) is 0 Å². The van der Waals surface area contributed by atoms with Gasteiger partial charge in [0, 0.05) is 25.3 Å². The molecule has 0 aliphatic rings. The number of aldehydes is 1. The molecule has 0 fully saturated rings. The molecule has 0 saturated heterocycles. The van der Waals surface area contributed by atoms with E-state index in [1.54, 1.807) is 5.38 Å². The van der Waals surface area contributed by atoms with E-state index in [1.807, 2.05) is 0 Å². The largest absolute Gasteiger partial charge is 0.355 e. The molecule has 78 valence electrons. The molecule has 4 nitrogen and oxygen atoms in total. The van der Waals surface area contributed by atoms with E-state index in [0.29, 0.717) is 30.0 Å². The normalized spacial score (nSPS) is 8.87. The molecule has 1 amide bonds. The van der Waals surface area contributed by atoms with Crippen molar-refractivity contribution in [3.8, 4) is 11.8 Å². The SMILES string of the molecule is CC(=O)NCCC#Cc1csc(C=O)n1. The van der Waals surface area contributed by atoms with E-state index in [0.717, 1.165) is 0 Å². The van der Waals surface area contributed by atoms with Crippen molar-refractivity contribution in [1.82, 2.24) is 10.3 Å². The van der Waals surface area contributed by atoms with Gasteiger partial charge in [-0.2, -0.15) is 0 Å². The zero-order valence-corrected chi connectivity index (χ0v) is 9.06. The van der Waals surface area contributed by atoms with Crippen molar-refractivity contribution in [2.24, 2.45) is 0 Å². The molecule has 0 spiro atoms. The van der Waals surface area contributed by atoms with Crippen LogP contribution >= 0.6 is 11.3 Å². The van der Waals surface area contributed by atoms with Crippen molar-refractivity contribution in [1.29, 1.82) is 0 Å². The highest BCUT2D eigenvalue weighted by molar-refractivity contribution is 7.11. The van der Waals surface area contributed by atoms with Gasteiger partial charge < -0.3 is 5.32 Å². The number of rotatable bonds is 3. The molecule has 0 aliphatic heterocycles. The van der Waals surface area contributed by atoms with Crippen LogP contribution in [0.1, 0.15) is 28.8 Å². The molecular formula is C10H10N2O2S. The fraction of sp³-hybridized carbons (Fsp3) is 0.300. The lowest BCUT2D eigenvalue weighted by Crippen LogP contribution is -2.20. The zero-order chi connectivity index (χ0) is 11.1. The maximum atomic E-state index is 10.5. The molecule has 0 aromatic carbocycles. The number of hydrogen-bond donors (Lipinski definition) is 1. The average Bonchev–Trinajstić information content (AvgIpc) is 2.65. The van der Waals surface area contributed by atoms with E-state index in [9.17, 15) is 9.59 Å². The Bertz CT molecular complexity index is 415. The van der Waals surface area contributed by atoms with Gasteiger partial charge in [0.25, 0.3) is 0 Å². The number of carbonyl (C=O) groups excluding carboxylic acids is 2. The van der Waals surface area contributed by atoms with Crippen LogP contribution in [0.2, 0.25) is 0 Å². The molecular weight excluding hydrogens is 212 g/mol. The Kier molecular flexibility index (Phi) is 4.51. The number of hydrogen-bond acceptors (Lipinski definition) is 4. The first kappa shape index (κ1) is 11.4. The fourth-order valence-corrected chi connectivity index (χ4v) is 1.40. The van der Waals surface area contributed by atoms with E-state index in [2.05, 4.69) is 22.1 Å². The van der Waals surface area contributed by atoms with Gasteiger partial charge in [-0.3, -0.25) is 9.59 Å². The summed E-state index contributed by atoms with van der Waals surface area (Å²) < 4.78 is 0. The van der Waals surface area contributed by atoms with Crippen molar-refractivity contribution in [2.75, 3.05) is 6.54 Å². The molecule has 1 aromatic rings. The lowest BCUT2D eigenvalue weighted by Gasteiger charge is -1.94. The molecule has 1 N–H and O–H groups in total. The minimum Gasteiger partial charge on any atom is -0.355 e. The summed E-state index contributed by atoms with van der Waals surface area (Å²) in [5.74, 6) is 5.61. The van der Waals surface area contributed by atoms with Gasteiger partial charge in [-0.1, -0.05) is 5.92 Å². The second-order valence-corrected chi connectivity index (χ2v) is 3.61. The number of nitrogens with one attached hydrogen (secondary N) is 1. The topological polar surface area (TPSA) is 59.1 Å². The Morgan fingerprint density at radius 1 is 1.73 bits per heavy atom. The summed E-state index contributed by atoms with van der Waals surface area (Å²) in [5.41, 5.74) is 0.602. The maximum Gasteiger partial charge on any atom is 0.216 e. The molecule has 0 unspecified atom stereocenters. The molecule has 0 aliphatic carbocycles. The van der Waals surface area contributed by atoms with Crippen molar-refractivity contribution in [2.45, 2.75) is 13.3 Å². The van der Waals surface area contributed by atoms with Gasteiger partial charge in [-0.25, -0.2) is 4.98 Å². The molecule has 15 heavy (non-hydrogen) atoms. The van der Waals surface area contributed by atoms with E-state index in [4.69, 9.17) is 0 Å². The first-order chi connectivity index (χ1) is 7.22. The van der Waals surface area contributed by atoms with Crippen LogP contribution in [0.4, 0.5) is 0 Å². The van der Waals surface area contributed by atoms with Crippen molar-refractivity contribution in [3.05, 3.63) is 16.1 Å². The van der Waals surface area contributed by atoms with Gasteiger partial charge in [0.2, 0.25) is 5.91 Å². The van der Waals surface area contributed by atoms with Crippen molar-refractivity contribution >= 4 is 23.5 Å². The van der Waals surface area contributed by atoms with Crippen molar-refractivity contribution < 1.29 is 9.59 Å². The number of nitrogens with zero attached hydrogens (tertiary/aromatic N) is 1. The summed E-state index contributed by atoms with van der Waals surface area (Å²) >= 11 is 1.27. The minimum absolute atomic E-state index is 0.0614. The number of amides is 1. The smallest absolute Gasteiger partial charge is 0.216 e. The van der Waals surface area contributed by atoms with Crippen LogP contribution in [-0.4, -0.2) is 23.7 Å².